The Balaban J connectivity index is 0. The molecule has 0 bridgehead atoms. The molecule has 85 valence electrons. The van der Waals surface area contributed by atoms with Crippen LogP contribution in [0.25, 0.3) is 0 Å². The van der Waals surface area contributed by atoms with E-state index in [1.165, 1.54) is 0 Å². The number of aliphatic hydroxyl groups is 1. The predicted octanol–water partition coefficient (Wildman–Crippen LogP) is -1.37. The van der Waals surface area contributed by atoms with E-state index in [4.69, 9.17) is 24.1 Å². The second-order valence-corrected chi connectivity index (χ2v) is 2.48. The van der Waals surface area contributed by atoms with E-state index < -0.39 is 36.4 Å². The Labute approximate surface area is 92.7 Å². The molecule has 0 atom stereocenters. The van der Waals surface area contributed by atoms with E-state index in [0.29, 0.717) is 0 Å². The summed E-state index contributed by atoms with van der Waals surface area (Å²) in [5.74, 6) is -5.02. The molecule has 0 rings (SSSR count). The van der Waals surface area contributed by atoms with Gasteiger partial charge in [0.1, 0.15) is 0 Å². The molecular weight excluding hydrogens is 251 g/mol. The van der Waals surface area contributed by atoms with Crippen LogP contribution in [0.4, 0.5) is 0 Å². The Hall–Kier alpha value is -1.25. The third-order valence-corrected chi connectivity index (χ3v) is 1.29. The number of carbonyl (C=O) groups is 3. The van der Waals surface area contributed by atoms with Crippen LogP contribution in [0.15, 0.2) is 0 Å². The van der Waals surface area contributed by atoms with Crippen LogP contribution in [0.3, 0.4) is 0 Å². The average Bonchev–Trinajstić information content (AvgIpc) is 2.04. The van der Waals surface area contributed by atoms with E-state index in [1.54, 1.807) is 0 Å². The van der Waals surface area contributed by atoms with Crippen LogP contribution in [0, 0.1) is 0 Å². The van der Waals surface area contributed by atoms with Crippen molar-refractivity contribution in [1.29, 1.82) is 0 Å². The SMILES string of the molecule is O=C(O)CC(O)(CC(=O)O)C(=O)O.[O]=[V]. The zero-order chi connectivity index (χ0) is 12.6. The maximum atomic E-state index is 10.3. The van der Waals surface area contributed by atoms with Gasteiger partial charge in [0.2, 0.25) is 0 Å². The number of aliphatic carboxylic acids is 3. The Morgan fingerprint density at radius 1 is 0.933 bits per heavy atom. The van der Waals surface area contributed by atoms with Crippen molar-refractivity contribution in [3.8, 4) is 0 Å². The van der Waals surface area contributed by atoms with Crippen molar-refractivity contribution in [2.75, 3.05) is 0 Å². The fourth-order valence-corrected chi connectivity index (χ4v) is 0.714. The van der Waals surface area contributed by atoms with E-state index >= 15 is 0 Å². The molecule has 9 heteroatoms. The Bertz CT molecular complexity index is 246. The van der Waals surface area contributed by atoms with Crippen LogP contribution in [-0.2, 0) is 35.4 Å². The summed E-state index contributed by atoms with van der Waals surface area (Å²) in [5.41, 5.74) is -2.74. The topological polar surface area (TPSA) is 149 Å². The van der Waals surface area contributed by atoms with E-state index in [2.05, 4.69) is 0 Å². The molecule has 0 aromatic rings. The van der Waals surface area contributed by atoms with Gasteiger partial charge < -0.3 is 20.4 Å². The Morgan fingerprint density at radius 3 is 1.33 bits per heavy atom. The van der Waals surface area contributed by atoms with Crippen LogP contribution in [-0.4, -0.2) is 43.9 Å². The average molecular weight is 259 g/mol. The molecule has 0 heterocycles. The number of hydrogen-bond donors (Lipinski definition) is 4. The van der Waals surface area contributed by atoms with Crippen molar-refractivity contribution < 1.29 is 55.9 Å². The molecule has 0 saturated heterocycles. The first-order valence-corrected chi connectivity index (χ1v) is 3.92. The Kier molecular flexibility index (Phi) is 7.67. The van der Waals surface area contributed by atoms with E-state index in [9.17, 15) is 14.4 Å². The number of carboxylic acid groups (broad SMARTS) is 3. The van der Waals surface area contributed by atoms with Crippen molar-refractivity contribution in [3.63, 3.8) is 0 Å². The zero-order valence-corrected chi connectivity index (χ0v) is 8.68. The monoisotopic (exact) mass is 259 g/mol. The fourth-order valence-electron chi connectivity index (χ4n) is 0.714. The van der Waals surface area contributed by atoms with Crippen LogP contribution in [0.1, 0.15) is 12.8 Å². The standard InChI is InChI=1S/C6H8O7.O.V/c7-3(8)1-6(13,5(11)12)2-4(9)10;;/h13H,1-2H2,(H,7,8)(H,9,10)(H,11,12);;. The van der Waals surface area contributed by atoms with E-state index in [0.717, 1.165) is 17.4 Å². The van der Waals surface area contributed by atoms with E-state index in [-0.39, 0.29) is 0 Å². The van der Waals surface area contributed by atoms with Crippen molar-refractivity contribution in [3.05, 3.63) is 0 Å². The molecule has 0 aliphatic carbocycles. The van der Waals surface area contributed by atoms with Crippen LogP contribution in [0.2, 0.25) is 0 Å². The second-order valence-electron chi connectivity index (χ2n) is 2.48. The minimum absolute atomic E-state index is 1.06. The molecule has 0 unspecified atom stereocenters. The molecule has 0 aromatic carbocycles. The molecule has 0 radical (unpaired) electrons. The molecule has 8 nitrogen and oxygen atoms in total. The molecule has 0 aliphatic rings. The quantitative estimate of drug-likeness (QED) is 0.472. The first-order chi connectivity index (χ1) is 6.78. The van der Waals surface area contributed by atoms with Gasteiger partial charge in [0.05, 0.1) is 12.8 Å². The van der Waals surface area contributed by atoms with E-state index in [1.807, 2.05) is 0 Å². The third-order valence-electron chi connectivity index (χ3n) is 1.29. The van der Waals surface area contributed by atoms with Gasteiger partial charge in [0.15, 0.2) is 5.60 Å². The van der Waals surface area contributed by atoms with Gasteiger partial charge in [-0.15, -0.1) is 0 Å². The molecule has 0 amide bonds. The maximum absolute atomic E-state index is 10.3. The Morgan fingerprint density at radius 2 is 1.20 bits per heavy atom. The molecule has 0 fully saturated rings. The van der Waals surface area contributed by atoms with Gasteiger partial charge in [-0.05, 0) is 0 Å². The molecule has 0 spiro atoms. The van der Waals surface area contributed by atoms with Gasteiger partial charge in [-0.1, -0.05) is 0 Å². The summed E-state index contributed by atoms with van der Waals surface area (Å²) in [6.45, 7) is 0. The molecule has 0 aliphatic heterocycles. The van der Waals surface area contributed by atoms with Gasteiger partial charge >= 0.3 is 39.0 Å². The number of carboxylic acids is 3. The summed E-state index contributed by atoms with van der Waals surface area (Å²) in [6.07, 6.45) is -2.29. The normalized spacial score (nSPS) is 9.60. The zero-order valence-electron chi connectivity index (χ0n) is 7.28. The summed E-state index contributed by atoms with van der Waals surface area (Å²) < 4.78 is 8.19. The first kappa shape index (κ1) is 16.2. The number of hydrogen-bond acceptors (Lipinski definition) is 5. The van der Waals surface area contributed by atoms with Crippen molar-refractivity contribution in [1.82, 2.24) is 0 Å². The minimum atomic E-state index is -2.74. The van der Waals surface area contributed by atoms with Gasteiger partial charge in [-0.2, -0.15) is 0 Å². The molecule has 15 heavy (non-hydrogen) atoms. The molecule has 4 N–H and O–H groups in total. The number of rotatable bonds is 5. The van der Waals surface area contributed by atoms with Crippen molar-refractivity contribution >= 4 is 17.9 Å². The summed E-state index contributed by atoms with van der Waals surface area (Å²) in [4.78, 5) is 30.5. The van der Waals surface area contributed by atoms with Crippen LogP contribution < -0.4 is 0 Å². The summed E-state index contributed by atoms with van der Waals surface area (Å²) in [6, 6.07) is 0. The molecule has 0 aromatic heterocycles. The van der Waals surface area contributed by atoms with Gasteiger partial charge in [0, 0.05) is 0 Å². The summed E-state index contributed by atoms with van der Waals surface area (Å²) >= 11 is 1.06. The first-order valence-electron chi connectivity index (χ1n) is 3.35. The fraction of sp³-hybridized carbons (Fsp3) is 0.500. The summed E-state index contributed by atoms with van der Waals surface area (Å²) in [7, 11) is 0. The van der Waals surface area contributed by atoms with Gasteiger partial charge in [-0.3, -0.25) is 9.59 Å². The molecular formula is C6H8O8V. The van der Waals surface area contributed by atoms with Gasteiger partial charge in [-0.25, -0.2) is 4.79 Å². The predicted molar refractivity (Wildman–Crippen MR) is 37.8 cm³/mol. The molecule has 0 saturated carbocycles. The van der Waals surface area contributed by atoms with Crippen LogP contribution >= 0.6 is 0 Å². The van der Waals surface area contributed by atoms with Crippen molar-refractivity contribution in [2.24, 2.45) is 0 Å². The summed E-state index contributed by atoms with van der Waals surface area (Å²) in [5, 5.41) is 33.8. The second kappa shape index (κ2) is 7.10. The van der Waals surface area contributed by atoms with Gasteiger partial charge in [0.25, 0.3) is 0 Å². The van der Waals surface area contributed by atoms with Crippen molar-refractivity contribution in [2.45, 2.75) is 18.4 Å². The third kappa shape index (κ3) is 6.78. The van der Waals surface area contributed by atoms with Crippen LogP contribution in [0.5, 0.6) is 0 Å².